The Balaban J connectivity index is 0.000000206. The van der Waals surface area contributed by atoms with Crippen LogP contribution in [0.4, 0.5) is 0 Å². The van der Waals surface area contributed by atoms with Crippen molar-refractivity contribution in [3.63, 3.8) is 0 Å². The van der Waals surface area contributed by atoms with Crippen molar-refractivity contribution in [1.82, 2.24) is 9.88 Å². The number of hydrogen-bond donors (Lipinski definition) is 2. The number of H-pyrrole nitrogens is 1. The van der Waals surface area contributed by atoms with Gasteiger partial charge in [-0.25, -0.2) is 4.79 Å². The summed E-state index contributed by atoms with van der Waals surface area (Å²) >= 11 is 0. The van der Waals surface area contributed by atoms with Crippen LogP contribution in [0.3, 0.4) is 0 Å². The predicted molar refractivity (Wildman–Crippen MR) is 101 cm³/mol. The minimum Gasteiger partial charge on any atom is -0.477 e. The number of hydrogen-bond acceptors (Lipinski definition) is 3. The molecule has 0 aromatic carbocycles. The molecule has 5 nitrogen and oxygen atoms in total. The van der Waals surface area contributed by atoms with Gasteiger partial charge in [0.2, 0.25) is 0 Å². The standard InChI is InChI=1S/C16H27NO.C5H5NO2/c1-17(2)16-9-13-7-12(11-5-3-4-6-11)8-14(13)15(16)10-18;7-5(8)4-2-1-3-6-4/h10-16H,3-9H2,1-2H3;1-3,6H,(H,7,8). The summed E-state index contributed by atoms with van der Waals surface area (Å²) in [5.74, 6) is 2.90. The van der Waals surface area contributed by atoms with Crippen molar-refractivity contribution in [2.45, 2.75) is 51.0 Å². The Hall–Kier alpha value is -1.62. The third-order valence-electron chi connectivity index (χ3n) is 6.98. The van der Waals surface area contributed by atoms with Gasteiger partial charge >= 0.3 is 5.97 Å². The predicted octanol–water partition coefficient (Wildman–Crippen LogP) is 3.68. The van der Waals surface area contributed by atoms with Crippen molar-refractivity contribution in [1.29, 1.82) is 0 Å². The van der Waals surface area contributed by atoms with Crippen molar-refractivity contribution < 1.29 is 14.7 Å². The van der Waals surface area contributed by atoms with Gasteiger partial charge in [0, 0.05) is 18.2 Å². The normalized spacial score (nSPS) is 33.7. The van der Waals surface area contributed by atoms with Gasteiger partial charge in [-0.2, -0.15) is 0 Å². The molecule has 1 heterocycles. The first-order valence-electron chi connectivity index (χ1n) is 9.99. The molecule has 26 heavy (non-hydrogen) atoms. The number of carboxylic acid groups (broad SMARTS) is 1. The molecule has 3 saturated carbocycles. The fraction of sp³-hybridized carbons (Fsp3) is 0.714. The summed E-state index contributed by atoms with van der Waals surface area (Å²) in [7, 11) is 4.27. The summed E-state index contributed by atoms with van der Waals surface area (Å²) in [6.07, 6.45) is 12.7. The number of fused-ring (bicyclic) bond motifs is 1. The average molecular weight is 360 g/mol. The van der Waals surface area contributed by atoms with E-state index in [1.165, 1.54) is 57.3 Å². The van der Waals surface area contributed by atoms with Crippen LogP contribution < -0.4 is 0 Å². The zero-order chi connectivity index (χ0) is 18.7. The van der Waals surface area contributed by atoms with Crippen LogP contribution in [0.2, 0.25) is 0 Å². The molecular formula is C21H32N2O3. The Labute approximate surface area is 156 Å². The van der Waals surface area contributed by atoms with E-state index in [1.807, 2.05) is 0 Å². The van der Waals surface area contributed by atoms with Crippen LogP contribution in [0.25, 0.3) is 0 Å². The fourth-order valence-corrected chi connectivity index (χ4v) is 5.72. The van der Waals surface area contributed by atoms with Gasteiger partial charge in [-0.3, -0.25) is 0 Å². The Morgan fingerprint density at radius 2 is 1.88 bits per heavy atom. The number of carbonyl (C=O) groups excluding carboxylic acids is 1. The van der Waals surface area contributed by atoms with Gasteiger partial charge < -0.3 is 19.8 Å². The van der Waals surface area contributed by atoms with Crippen LogP contribution in [0.15, 0.2) is 18.3 Å². The number of aromatic amines is 1. The molecule has 3 aliphatic carbocycles. The third-order valence-corrected chi connectivity index (χ3v) is 6.98. The van der Waals surface area contributed by atoms with Gasteiger partial charge in [-0.1, -0.05) is 25.7 Å². The van der Waals surface area contributed by atoms with Crippen molar-refractivity contribution >= 4 is 12.3 Å². The van der Waals surface area contributed by atoms with Crippen LogP contribution in [0.5, 0.6) is 0 Å². The van der Waals surface area contributed by atoms with Crippen LogP contribution in [-0.2, 0) is 4.79 Å². The number of nitrogens with zero attached hydrogens (tertiary/aromatic N) is 1. The Morgan fingerprint density at radius 1 is 1.15 bits per heavy atom. The highest BCUT2D eigenvalue weighted by Gasteiger charge is 2.50. The summed E-state index contributed by atoms with van der Waals surface area (Å²) in [6.45, 7) is 0. The van der Waals surface area contributed by atoms with E-state index >= 15 is 0 Å². The first-order valence-corrected chi connectivity index (χ1v) is 9.99. The maximum atomic E-state index is 11.5. The Kier molecular flexibility index (Phi) is 6.17. The molecular weight excluding hydrogens is 328 g/mol. The van der Waals surface area contributed by atoms with E-state index in [0.29, 0.717) is 17.9 Å². The zero-order valence-electron chi connectivity index (χ0n) is 15.9. The Morgan fingerprint density at radius 3 is 2.38 bits per heavy atom. The quantitative estimate of drug-likeness (QED) is 0.803. The number of carboxylic acids is 1. The van der Waals surface area contributed by atoms with Gasteiger partial charge in [0.1, 0.15) is 12.0 Å². The van der Waals surface area contributed by atoms with Gasteiger partial charge in [0.15, 0.2) is 0 Å². The van der Waals surface area contributed by atoms with Crippen LogP contribution in [0, 0.1) is 29.6 Å². The van der Waals surface area contributed by atoms with E-state index in [2.05, 4.69) is 24.0 Å². The van der Waals surface area contributed by atoms with E-state index in [-0.39, 0.29) is 5.69 Å². The lowest BCUT2D eigenvalue weighted by molar-refractivity contribution is -0.113. The SMILES string of the molecule is CN(C)C1CC2CC(C3CCCC3)CC2C1C=O.O=C(O)c1ccc[nH]1. The summed E-state index contributed by atoms with van der Waals surface area (Å²) < 4.78 is 0. The lowest BCUT2D eigenvalue weighted by atomic mass is 9.85. The summed E-state index contributed by atoms with van der Waals surface area (Å²) in [5, 5.41) is 8.24. The summed E-state index contributed by atoms with van der Waals surface area (Å²) in [4.78, 5) is 26.3. The number of aromatic carboxylic acids is 1. The van der Waals surface area contributed by atoms with E-state index in [1.54, 1.807) is 12.3 Å². The van der Waals surface area contributed by atoms with Crippen LogP contribution in [0.1, 0.15) is 55.4 Å². The number of aromatic nitrogens is 1. The maximum absolute atomic E-state index is 11.5. The molecule has 1 aromatic rings. The largest absolute Gasteiger partial charge is 0.477 e. The van der Waals surface area contributed by atoms with Crippen molar-refractivity contribution in [3.05, 3.63) is 24.0 Å². The van der Waals surface area contributed by atoms with E-state index in [9.17, 15) is 9.59 Å². The van der Waals surface area contributed by atoms with E-state index < -0.39 is 5.97 Å². The molecule has 0 saturated heterocycles. The second-order valence-electron chi connectivity index (χ2n) is 8.57. The smallest absolute Gasteiger partial charge is 0.352 e. The summed E-state index contributed by atoms with van der Waals surface area (Å²) in [6, 6.07) is 3.66. The topological polar surface area (TPSA) is 73.4 Å². The van der Waals surface area contributed by atoms with Crippen molar-refractivity contribution in [3.8, 4) is 0 Å². The average Bonchev–Trinajstić information content (AvgIpc) is 3.37. The van der Waals surface area contributed by atoms with Gasteiger partial charge in [-0.05, 0) is 69.2 Å². The molecule has 3 fully saturated rings. The molecule has 0 bridgehead atoms. The lowest BCUT2D eigenvalue weighted by Gasteiger charge is -2.27. The minimum absolute atomic E-state index is 0.227. The molecule has 0 radical (unpaired) electrons. The number of nitrogens with one attached hydrogen (secondary N) is 1. The molecule has 3 aliphatic rings. The van der Waals surface area contributed by atoms with Gasteiger partial charge in [-0.15, -0.1) is 0 Å². The number of rotatable bonds is 4. The molecule has 4 rings (SSSR count). The molecule has 144 valence electrons. The molecule has 5 unspecified atom stereocenters. The zero-order valence-corrected chi connectivity index (χ0v) is 15.9. The van der Waals surface area contributed by atoms with Crippen molar-refractivity contribution in [2.24, 2.45) is 29.6 Å². The molecule has 0 amide bonds. The second-order valence-corrected chi connectivity index (χ2v) is 8.57. The fourth-order valence-electron chi connectivity index (χ4n) is 5.72. The highest BCUT2D eigenvalue weighted by atomic mass is 16.4. The van der Waals surface area contributed by atoms with Gasteiger partial charge in [0.25, 0.3) is 0 Å². The molecule has 5 heteroatoms. The molecule has 0 spiro atoms. The van der Waals surface area contributed by atoms with Crippen LogP contribution in [-0.4, -0.2) is 47.4 Å². The summed E-state index contributed by atoms with van der Waals surface area (Å²) in [5.41, 5.74) is 0.227. The van der Waals surface area contributed by atoms with Crippen LogP contribution >= 0.6 is 0 Å². The van der Waals surface area contributed by atoms with Crippen molar-refractivity contribution in [2.75, 3.05) is 14.1 Å². The molecule has 0 aliphatic heterocycles. The highest BCUT2D eigenvalue weighted by molar-refractivity contribution is 5.85. The lowest BCUT2D eigenvalue weighted by Crippen LogP contribution is -2.34. The Bertz CT molecular complexity index is 592. The molecule has 5 atom stereocenters. The molecule has 1 aromatic heterocycles. The molecule has 2 N–H and O–H groups in total. The maximum Gasteiger partial charge on any atom is 0.352 e. The highest BCUT2D eigenvalue weighted by Crippen LogP contribution is 2.54. The monoisotopic (exact) mass is 360 g/mol. The van der Waals surface area contributed by atoms with E-state index in [0.717, 1.165) is 17.8 Å². The first-order chi connectivity index (χ1) is 12.5. The van der Waals surface area contributed by atoms with E-state index in [4.69, 9.17) is 5.11 Å². The van der Waals surface area contributed by atoms with Gasteiger partial charge in [0.05, 0.1) is 0 Å². The minimum atomic E-state index is -0.921. The second kappa shape index (κ2) is 8.38. The number of aldehydes is 1. The third kappa shape index (κ3) is 4.03. The first kappa shape index (κ1) is 19.2. The number of carbonyl (C=O) groups is 2.